The second-order valence-electron chi connectivity index (χ2n) is 6.15. The Morgan fingerprint density at radius 1 is 1.35 bits per heavy atom. The van der Waals surface area contributed by atoms with Crippen molar-refractivity contribution < 1.29 is 9.90 Å². The smallest absolute Gasteiger partial charge is 0.255 e. The summed E-state index contributed by atoms with van der Waals surface area (Å²) in [6.07, 6.45) is 6.36. The quantitative estimate of drug-likeness (QED) is 0.892. The third-order valence-corrected chi connectivity index (χ3v) is 4.65. The van der Waals surface area contributed by atoms with Crippen molar-refractivity contribution in [1.29, 1.82) is 0 Å². The molecule has 1 heterocycles. The van der Waals surface area contributed by atoms with Crippen molar-refractivity contribution in [2.24, 2.45) is 0 Å². The van der Waals surface area contributed by atoms with Crippen LogP contribution < -0.4 is 5.32 Å². The Labute approximate surface area is 136 Å². The summed E-state index contributed by atoms with van der Waals surface area (Å²) in [5, 5.41) is 16.9. The predicted octanol–water partition coefficient (Wildman–Crippen LogP) is 2.77. The van der Waals surface area contributed by atoms with Gasteiger partial charge in [0.25, 0.3) is 5.91 Å². The lowest BCUT2D eigenvalue weighted by Gasteiger charge is -2.17. The number of aliphatic hydroxyl groups is 1. The summed E-state index contributed by atoms with van der Waals surface area (Å²) in [5.41, 5.74) is 2.38. The molecule has 0 aliphatic heterocycles. The van der Waals surface area contributed by atoms with Crippen molar-refractivity contribution in [1.82, 2.24) is 15.1 Å². The van der Waals surface area contributed by atoms with E-state index < -0.39 is 6.04 Å². The Morgan fingerprint density at radius 3 is 2.70 bits per heavy atom. The van der Waals surface area contributed by atoms with Crippen molar-refractivity contribution in [3.63, 3.8) is 0 Å². The maximum absolute atomic E-state index is 12.6. The van der Waals surface area contributed by atoms with Crippen molar-refractivity contribution in [3.05, 3.63) is 53.3 Å². The number of benzene rings is 1. The topological polar surface area (TPSA) is 67.2 Å². The van der Waals surface area contributed by atoms with Crippen molar-refractivity contribution in [3.8, 4) is 0 Å². The molecule has 2 N–H and O–H groups in total. The lowest BCUT2D eigenvalue weighted by molar-refractivity contribution is 0.0915. The maximum atomic E-state index is 12.6. The number of nitrogens with zero attached hydrogens (tertiary/aromatic N) is 2. The molecule has 1 aromatic heterocycles. The fourth-order valence-electron chi connectivity index (χ4n) is 3.32. The van der Waals surface area contributed by atoms with Gasteiger partial charge in [-0.2, -0.15) is 5.10 Å². The van der Waals surface area contributed by atoms with Gasteiger partial charge in [0.2, 0.25) is 0 Å². The Bertz CT molecular complexity index is 660. The van der Waals surface area contributed by atoms with Gasteiger partial charge >= 0.3 is 0 Å². The molecule has 1 amide bonds. The zero-order valence-corrected chi connectivity index (χ0v) is 13.4. The molecular formula is C18H23N3O2. The van der Waals surface area contributed by atoms with Gasteiger partial charge < -0.3 is 10.4 Å². The van der Waals surface area contributed by atoms with E-state index in [1.807, 2.05) is 41.9 Å². The third-order valence-electron chi connectivity index (χ3n) is 4.65. The fourth-order valence-corrected chi connectivity index (χ4v) is 3.32. The molecule has 5 nitrogen and oxygen atoms in total. The first-order chi connectivity index (χ1) is 11.2. The molecule has 1 aromatic carbocycles. The van der Waals surface area contributed by atoms with Crippen molar-refractivity contribution in [2.45, 2.75) is 44.7 Å². The summed E-state index contributed by atoms with van der Waals surface area (Å²) >= 11 is 0. The number of hydrogen-bond donors (Lipinski definition) is 2. The summed E-state index contributed by atoms with van der Waals surface area (Å²) < 4.78 is 1.98. The van der Waals surface area contributed by atoms with E-state index in [1.54, 1.807) is 6.20 Å². The molecule has 23 heavy (non-hydrogen) atoms. The Morgan fingerprint density at radius 2 is 2.04 bits per heavy atom. The lowest BCUT2D eigenvalue weighted by Crippen LogP contribution is -2.31. The first kappa shape index (κ1) is 15.7. The second-order valence-corrected chi connectivity index (χ2v) is 6.15. The van der Waals surface area contributed by atoms with Gasteiger partial charge in [-0.15, -0.1) is 0 Å². The summed E-state index contributed by atoms with van der Waals surface area (Å²) in [5.74, 6) is -0.186. The number of carbonyl (C=O) groups is 1. The summed E-state index contributed by atoms with van der Waals surface area (Å²) in [4.78, 5) is 12.6. The number of rotatable bonds is 5. The molecule has 122 valence electrons. The summed E-state index contributed by atoms with van der Waals surface area (Å²) in [6.45, 7) is 1.81. The molecule has 1 saturated carbocycles. The van der Waals surface area contributed by atoms with E-state index in [0.29, 0.717) is 11.6 Å². The monoisotopic (exact) mass is 313 g/mol. The number of hydrogen-bond acceptors (Lipinski definition) is 3. The molecule has 0 spiro atoms. The van der Waals surface area contributed by atoms with Gasteiger partial charge in [0.05, 0.1) is 30.5 Å². The van der Waals surface area contributed by atoms with Crippen molar-refractivity contribution >= 4 is 5.91 Å². The SMILES string of the molecule is Cc1c(C(=O)N[C@H](CO)c2ccccc2)cnn1C1CCCC1. The second kappa shape index (κ2) is 6.96. The van der Waals surface area contributed by atoms with Gasteiger partial charge in [-0.25, -0.2) is 0 Å². The molecule has 0 bridgehead atoms. The first-order valence-corrected chi connectivity index (χ1v) is 8.21. The minimum atomic E-state index is -0.405. The van der Waals surface area contributed by atoms with Crippen LogP contribution in [0, 0.1) is 6.92 Å². The minimum Gasteiger partial charge on any atom is -0.394 e. The van der Waals surface area contributed by atoms with Crippen LogP contribution in [-0.2, 0) is 0 Å². The van der Waals surface area contributed by atoms with Gasteiger partial charge in [-0.3, -0.25) is 9.48 Å². The van der Waals surface area contributed by atoms with Gasteiger partial charge in [0.1, 0.15) is 0 Å². The molecule has 5 heteroatoms. The standard InChI is InChI=1S/C18H23N3O2/c1-13-16(11-19-21(13)15-9-5-6-10-15)18(23)20-17(12-22)14-7-3-2-4-8-14/h2-4,7-8,11,15,17,22H,5-6,9-10,12H2,1H3,(H,20,23)/t17-/m1/s1. The summed E-state index contributed by atoms with van der Waals surface area (Å²) in [6, 6.07) is 9.51. The van der Waals surface area contributed by atoms with Crippen LogP contribution >= 0.6 is 0 Å². The molecule has 1 fully saturated rings. The summed E-state index contributed by atoms with van der Waals surface area (Å²) in [7, 11) is 0. The normalized spacial score (nSPS) is 16.4. The molecular weight excluding hydrogens is 290 g/mol. The van der Waals surface area contributed by atoms with Crippen LogP contribution in [0.15, 0.2) is 36.5 Å². The number of carbonyl (C=O) groups excluding carboxylic acids is 1. The zero-order valence-electron chi connectivity index (χ0n) is 13.4. The fraction of sp³-hybridized carbons (Fsp3) is 0.444. The molecule has 1 aliphatic carbocycles. The first-order valence-electron chi connectivity index (χ1n) is 8.21. The molecule has 2 aromatic rings. The van der Waals surface area contributed by atoms with Crippen LogP contribution in [0.5, 0.6) is 0 Å². The highest BCUT2D eigenvalue weighted by Crippen LogP contribution is 2.30. The number of aromatic nitrogens is 2. The molecule has 0 unspecified atom stereocenters. The van der Waals surface area contributed by atoms with Crippen molar-refractivity contribution in [2.75, 3.05) is 6.61 Å². The van der Waals surface area contributed by atoms with Gasteiger partial charge in [0, 0.05) is 5.69 Å². The largest absolute Gasteiger partial charge is 0.394 e. The van der Waals surface area contributed by atoms with Gasteiger partial charge in [0.15, 0.2) is 0 Å². The van der Waals surface area contributed by atoms with E-state index in [-0.39, 0.29) is 12.5 Å². The van der Waals surface area contributed by atoms with Crippen LogP contribution in [-0.4, -0.2) is 27.4 Å². The van der Waals surface area contributed by atoms with E-state index in [4.69, 9.17) is 0 Å². The van der Waals surface area contributed by atoms with Crippen LogP contribution in [0.25, 0.3) is 0 Å². The Kier molecular flexibility index (Phi) is 4.76. The van der Waals surface area contributed by atoms with Gasteiger partial charge in [-0.1, -0.05) is 43.2 Å². The van der Waals surface area contributed by atoms with E-state index in [0.717, 1.165) is 24.1 Å². The average molecular weight is 313 g/mol. The van der Waals surface area contributed by atoms with E-state index >= 15 is 0 Å². The maximum Gasteiger partial charge on any atom is 0.255 e. The Balaban J connectivity index is 1.75. The molecule has 1 aliphatic rings. The number of amides is 1. The lowest BCUT2D eigenvalue weighted by atomic mass is 10.1. The highest BCUT2D eigenvalue weighted by Gasteiger charge is 2.23. The molecule has 0 saturated heterocycles. The third kappa shape index (κ3) is 3.29. The van der Waals surface area contributed by atoms with E-state index in [1.165, 1.54) is 12.8 Å². The zero-order chi connectivity index (χ0) is 16.2. The average Bonchev–Trinajstić information content (AvgIpc) is 3.22. The molecule has 1 atom stereocenters. The Hall–Kier alpha value is -2.14. The molecule has 3 rings (SSSR count). The minimum absolute atomic E-state index is 0.133. The van der Waals surface area contributed by atoms with E-state index in [9.17, 15) is 9.90 Å². The van der Waals surface area contributed by atoms with Crippen LogP contribution in [0.3, 0.4) is 0 Å². The molecule has 0 radical (unpaired) electrons. The van der Waals surface area contributed by atoms with Crippen LogP contribution in [0.4, 0.5) is 0 Å². The van der Waals surface area contributed by atoms with Crippen LogP contribution in [0.2, 0.25) is 0 Å². The van der Waals surface area contributed by atoms with Gasteiger partial charge in [-0.05, 0) is 25.3 Å². The number of nitrogens with one attached hydrogen (secondary N) is 1. The van der Waals surface area contributed by atoms with Crippen LogP contribution in [0.1, 0.15) is 59.4 Å². The highest BCUT2D eigenvalue weighted by molar-refractivity contribution is 5.95. The van der Waals surface area contributed by atoms with E-state index in [2.05, 4.69) is 10.4 Å². The highest BCUT2D eigenvalue weighted by atomic mass is 16.3. The predicted molar refractivity (Wildman–Crippen MR) is 88.2 cm³/mol. The number of aliphatic hydroxyl groups excluding tert-OH is 1.